The third kappa shape index (κ3) is 3.36. The first-order chi connectivity index (χ1) is 14.2. The average molecular weight is 408 g/mol. The van der Waals surface area contributed by atoms with Crippen molar-refractivity contribution >= 4 is 29.5 Å². The van der Waals surface area contributed by atoms with E-state index in [2.05, 4.69) is 20.0 Å². The fourth-order valence-electron chi connectivity index (χ4n) is 3.78. The second-order valence-corrected chi connectivity index (χ2v) is 7.56. The highest BCUT2D eigenvalue weighted by Crippen LogP contribution is 2.28. The molecule has 0 N–H and O–H groups in total. The fourth-order valence-corrected chi connectivity index (χ4v) is 4.21. The number of fused-ring (bicyclic) bond motifs is 1. The van der Waals surface area contributed by atoms with Crippen LogP contribution in [0.1, 0.15) is 22.5 Å². The summed E-state index contributed by atoms with van der Waals surface area (Å²) in [6, 6.07) is 7.67. The van der Waals surface area contributed by atoms with E-state index in [1.807, 2.05) is 30.5 Å². The molecule has 5 rings (SSSR count). The number of pyridine rings is 2. The largest absolute Gasteiger partial charge is 0.354 e. The van der Waals surface area contributed by atoms with E-state index in [4.69, 9.17) is 4.18 Å². The van der Waals surface area contributed by atoms with E-state index >= 15 is 0 Å². The van der Waals surface area contributed by atoms with E-state index < -0.39 is 0 Å². The molecule has 0 bridgehead atoms. The molecular weight excluding hydrogens is 388 g/mol. The molecule has 1 saturated heterocycles. The van der Waals surface area contributed by atoms with Gasteiger partial charge in [0.2, 0.25) is 0 Å². The van der Waals surface area contributed by atoms with Gasteiger partial charge in [0.25, 0.3) is 5.91 Å². The molecule has 2 aliphatic heterocycles. The fraction of sp³-hybridized carbons (Fsp3) is 0.300. The zero-order chi connectivity index (χ0) is 19.8. The van der Waals surface area contributed by atoms with Gasteiger partial charge in [-0.3, -0.25) is 9.78 Å². The summed E-state index contributed by atoms with van der Waals surface area (Å²) in [5.74, 6) is 0.875. The Morgan fingerprint density at radius 1 is 1.21 bits per heavy atom. The third-order valence-corrected chi connectivity index (χ3v) is 5.69. The number of aromatic nitrogens is 4. The van der Waals surface area contributed by atoms with Crippen molar-refractivity contribution in [2.24, 2.45) is 0 Å². The Bertz CT molecular complexity index is 1020. The first-order valence-electron chi connectivity index (χ1n) is 9.44. The molecular formula is C20H20N6O2S. The van der Waals surface area contributed by atoms with Gasteiger partial charge in [0.1, 0.15) is 5.82 Å². The highest BCUT2D eigenvalue weighted by atomic mass is 32.2. The summed E-state index contributed by atoms with van der Waals surface area (Å²) in [6.07, 6.45) is 10.1. The molecule has 0 radical (unpaired) electrons. The smallest absolute Gasteiger partial charge is 0.262 e. The van der Waals surface area contributed by atoms with Gasteiger partial charge in [-0.2, -0.15) is 5.10 Å². The molecule has 8 nitrogen and oxygen atoms in total. The number of carbonyl (C=O) groups is 1. The molecule has 9 heteroatoms. The third-order valence-electron chi connectivity index (χ3n) is 5.23. The van der Waals surface area contributed by atoms with Gasteiger partial charge >= 0.3 is 0 Å². The van der Waals surface area contributed by atoms with E-state index in [1.54, 1.807) is 34.4 Å². The van der Waals surface area contributed by atoms with Crippen LogP contribution in [0.15, 0.2) is 49.1 Å². The molecule has 0 saturated carbocycles. The Morgan fingerprint density at radius 2 is 2.14 bits per heavy atom. The van der Waals surface area contributed by atoms with Crippen LogP contribution in [0.3, 0.4) is 0 Å². The minimum Gasteiger partial charge on any atom is -0.354 e. The van der Waals surface area contributed by atoms with Crippen molar-refractivity contribution in [3.8, 4) is 5.69 Å². The summed E-state index contributed by atoms with van der Waals surface area (Å²) >= 11 is 1.41. The van der Waals surface area contributed by atoms with Gasteiger partial charge in [0.15, 0.2) is 0 Å². The minimum atomic E-state index is -0.0549. The van der Waals surface area contributed by atoms with Crippen LogP contribution in [-0.4, -0.2) is 51.1 Å². The summed E-state index contributed by atoms with van der Waals surface area (Å²) in [5, 5.41) is 4.61. The monoisotopic (exact) mass is 408 g/mol. The molecule has 3 aromatic rings. The molecule has 3 aromatic heterocycles. The Morgan fingerprint density at radius 3 is 2.86 bits per heavy atom. The van der Waals surface area contributed by atoms with Gasteiger partial charge in [-0.1, -0.05) is 0 Å². The average Bonchev–Trinajstić information content (AvgIpc) is 3.46. The highest BCUT2D eigenvalue weighted by Gasteiger charge is 2.32. The van der Waals surface area contributed by atoms with Crippen LogP contribution in [0.25, 0.3) is 5.69 Å². The van der Waals surface area contributed by atoms with Crippen molar-refractivity contribution in [3.63, 3.8) is 0 Å². The molecule has 5 heterocycles. The molecule has 0 aliphatic carbocycles. The van der Waals surface area contributed by atoms with Crippen LogP contribution in [0.2, 0.25) is 0 Å². The van der Waals surface area contributed by atoms with Crippen LogP contribution in [0, 0.1) is 0 Å². The molecule has 1 fully saturated rings. The molecule has 1 amide bonds. The number of amides is 1. The van der Waals surface area contributed by atoms with Crippen molar-refractivity contribution in [2.75, 3.05) is 29.1 Å². The van der Waals surface area contributed by atoms with Gasteiger partial charge in [-0.25, -0.2) is 9.67 Å². The topological polar surface area (TPSA) is 76.4 Å². The standard InChI is InChI=1S/C20H20N6O2S/c1-29-28-16-6-8-24(11-16)19-5-4-15(10-22-19)26-12-17-18(23-26)13-25(20(17)27)14-3-2-7-21-9-14/h2-5,7,9-10,12,16H,6,8,11,13H2,1H3. The second-order valence-electron chi connectivity index (χ2n) is 7.03. The number of anilines is 2. The first-order valence-corrected chi connectivity index (χ1v) is 10.6. The van der Waals surface area contributed by atoms with Crippen LogP contribution in [0.4, 0.5) is 11.5 Å². The lowest BCUT2D eigenvalue weighted by Crippen LogP contribution is -2.24. The highest BCUT2D eigenvalue weighted by molar-refractivity contribution is 7.93. The summed E-state index contributed by atoms with van der Waals surface area (Å²) in [7, 11) is 0. The van der Waals surface area contributed by atoms with Gasteiger partial charge in [-0.15, -0.1) is 0 Å². The first kappa shape index (κ1) is 18.1. The van der Waals surface area contributed by atoms with Crippen molar-refractivity contribution in [1.29, 1.82) is 0 Å². The molecule has 0 aromatic carbocycles. The van der Waals surface area contributed by atoms with Crippen molar-refractivity contribution < 1.29 is 8.98 Å². The Kier molecular flexibility index (Phi) is 4.69. The Labute approximate surface area is 172 Å². The summed E-state index contributed by atoms with van der Waals surface area (Å²) < 4.78 is 7.35. The maximum absolute atomic E-state index is 12.8. The summed E-state index contributed by atoms with van der Waals surface area (Å²) in [6.45, 7) is 2.23. The maximum Gasteiger partial charge on any atom is 0.262 e. The minimum absolute atomic E-state index is 0.0549. The second kappa shape index (κ2) is 7.49. The number of hydrogen-bond donors (Lipinski definition) is 0. The number of rotatable bonds is 5. The zero-order valence-electron chi connectivity index (χ0n) is 15.9. The van der Waals surface area contributed by atoms with Gasteiger partial charge < -0.3 is 14.0 Å². The molecule has 1 atom stereocenters. The van der Waals surface area contributed by atoms with Crippen LogP contribution >= 0.6 is 12.0 Å². The van der Waals surface area contributed by atoms with Gasteiger partial charge in [0, 0.05) is 31.7 Å². The van der Waals surface area contributed by atoms with Gasteiger partial charge in [0.05, 0.1) is 47.7 Å². The van der Waals surface area contributed by atoms with E-state index in [-0.39, 0.29) is 12.0 Å². The van der Waals surface area contributed by atoms with E-state index in [9.17, 15) is 4.79 Å². The lowest BCUT2D eigenvalue weighted by molar-refractivity contribution is 0.0996. The lowest BCUT2D eigenvalue weighted by Gasteiger charge is -2.17. The van der Waals surface area contributed by atoms with E-state index in [1.165, 1.54) is 12.0 Å². The van der Waals surface area contributed by atoms with Crippen LogP contribution < -0.4 is 9.80 Å². The Balaban J connectivity index is 1.31. The van der Waals surface area contributed by atoms with Crippen LogP contribution in [0.5, 0.6) is 0 Å². The number of carbonyl (C=O) groups excluding carboxylic acids is 1. The SMILES string of the molecule is CSOC1CCN(c2ccc(-n3cc4c(n3)CN(c3cccnc3)C4=O)cn2)C1. The zero-order valence-corrected chi connectivity index (χ0v) is 16.7. The lowest BCUT2D eigenvalue weighted by atomic mass is 10.3. The van der Waals surface area contributed by atoms with Crippen molar-refractivity contribution in [2.45, 2.75) is 19.1 Å². The number of hydrogen-bond acceptors (Lipinski definition) is 7. The predicted molar refractivity (Wildman–Crippen MR) is 111 cm³/mol. The summed E-state index contributed by atoms with van der Waals surface area (Å²) in [5.41, 5.74) is 3.00. The molecule has 1 unspecified atom stereocenters. The quantitative estimate of drug-likeness (QED) is 0.601. The van der Waals surface area contributed by atoms with Crippen molar-refractivity contribution in [3.05, 3.63) is 60.3 Å². The van der Waals surface area contributed by atoms with E-state index in [0.717, 1.165) is 42.4 Å². The molecule has 148 valence electrons. The number of nitrogens with zero attached hydrogens (tertiary/aromatic N) is 6. The molecule has 2 aliphatic rings. The van der Waals surface area contributed by atoms with E-state index in [0.29, 0.717) is 12.1 Å². The Hall–Kier alpha value is -2.91. The van der Waals surface area contributed by atoms with Crippen molar-refractivity contribution in [1.82, 2.24) is 19.7 Å². The summed E-state index contributed by atoms with van der Waals surface area (Å²) in [4.78, 5) is 25.4. The molecule has 29 heavy (non-hydrogen) atoms. The maximum atomic E-state index is 12.8. The van der Waals surface area contributed by atoms with Gasteiger partial charge in [-0.05, 0) is 42.7 Å². The predicted octanol–water partition coefficient (Wildman–Crippen LogP) is 2.70. The normalized spacial score (nSPS) is 18.5. The van der Waals surface area contributed by atoms with Crippen LogP contribution in [-0.2, 0) is 10.7 Å². The molecule has 0 spiro atoms.